The largest absolute Gasteiger partial charge is 0.495 e. The van der Waals surface area contributed by atoms with E-state index in [4.69, 9.17) is 9.84 Å². The Bertz CT molecular complexity index is 309. The molecule has 1 aromatic rings. The Morgan fingerprint density at radius 2 is 2.25 bits per heavy atom. The minimum absolute atomic E-state index is 0.175. The van der Waals surface area contributed by atoms with E-state index in [0.717, 1.165) is 0 Å². The summed E-state index contributed by atoms with van der Waals surface area (Å²) >= 11 is 0. The van der Waals surface area contributed by atoms with Gasteiger partial charge in [0.2, 0.25) is 0 Å². The molecule has 0 saturated heterocycles. The highest BCUT2D eigenvalue weighted by atomic mass is 16.5. The van der Waals surface area contributed by atoms with Gasteiger partial charge in [0.25, 0.3) is 0 Å². The van der Waals surface area contributed by atoms with E-state index in [0.29, 0.717) is 11.3 Å². The molecule has 0 radical (unpaired) electrons. The van der Waals surface area contributed by atoms with Crippen LogP contribution in [0.25, 0.3) is 0 Å². The first kappa shape index (κ1) is 8.52. The number of methoxy groups -OCH3 is 1. The van der Waals surface area contributed by atoms with Gasteiger partial charge in [-0.3, -0.25) is 4.98 Å². The summed E-state index contributed by atoms with van der Waals surface area (Å²) in [6.07, 6.45) is 2.79. The molecule has 0 bridgehead atoms. The van der Waals surface area contributed by atoms with Crippen molar-refractivity contribution in [3.63, 3.8) is 0 Å². The molecule has 4 heteroatoms. The number of aromatic nitrogens is 1. The molecule has 0 aliphatic rings. The molecule has 64 valence electrons. The van der Waals surface area contributed by atoms with Crippen LogP contribution in [0.2, 0.25) is 0 Å². The lowest BCUT2D eigenvalue weighted by Crippen LogP contribution is -2.02. The van der Waals surface area contributed by atoms with Crippen LogP contribution in [0.15, 0.2) is 12.4 Å². The molecule has 4 nitrogen and oxygen atoms in total. The number of pyridine rings is 1. The lowest BCUT2D eigenvalue weighted by atomic mass is 10.1. The third kappa shape index (κ3) is 1.37. The van der Waals surface area contributed by atoms with Crippen molar-refractivity contribution >= 4 is 5.97 Å². The van der Waals surface area contributed by atoms with Crippen LogP contribution in [0.3, 0.4) is 0 Å². The van der Waals surface area contributed by atoms with E-state index in [1.165, 1.54) is 19.5 Å². The first-order valence-corrected chi connectivity index (χ1v) is 3.38. The van der Waals surface area contributed by atoms with Gasteiger partial charge in [-0.15, -0.1) is 0 Å². The first-order chi connectivity index (χ1) is 5.66. The number of hydrogen-bond acceptors (Lipinski definition) is 3. The second-order valence-corrected chi connectivity index (χ2v) is 2.32. The van der Waals surface area contributed by atoms with Gasteiger partial charge in [0.15, 0.2) is 0 Å². The maximum atomic E-state index is 10.6. The fourth-order valence-electron chi connectivity index (χ4n) is 0.927. The van der Waals surface area contributed by atoms with Gasteiger partial charge in [-0.25, -0.2) is 4.79 Å². The molecule has 1 rings (SSSR count). The topological polar surface area (TPSA) is 59.4 Å². The van der Waals surface area contributed by atoms with Crippen LogP contribution in [0, 0.1) is 6.92 Å². The van der Waals surface area contributed by atoms with E-state index >= 15 is 0 Å². The van der Waals surface area contributed by atoms with Crippen LogP contribution in [-0.2, 0) is 0 Å². The number of carboxylic acid groups (broad SMARTS) is 1. The van der Waals surface area contributed by atoms with Gasteiger partial charge in [0.05, 0.1) is 18.9 Å². The number of hydrogen-bond donors (Lipinski definition) is 1. The Labute approximate surface area is 69.8 Å². The zero-order valence-electron chi connectivity index (χ0n) is 6.87. The van der Waals surface area contributed by atoms with E-state index in [1.807, 2.05) is 0 Å². The van der Waals surface area contributed by atoms with E-state index in [2.05, 4.69) is 4.98 Å². The summed E-state index contributed by atoms with van der Waals surface area (Å²) < 4.78 is 4.91. The van der Waals surface area contributed by atoms with Crippen molar-refractivity contribution in [3.05, 3.63) is 23.5 Å². The zero-order valence-corrected chi connectivity index (χ0v) is 6.87. The Morgan fingerprint density at radius 1 is 1.58 bits per heavy atom. The maximum Gasteiger partial charge on any atom is 0.337 e. The van der Waals surface area contributed by atoms with Gasteiger partial charge in [0.1, 0.15) is 5.75 Å². The van der Waals surface area contributed by atoms with Gasteiger partial charge in [-0.2, -0.15) is 0 Å². The van der Waals surface area contributed by atoms with E-state index in [9.17, 15) is 4.79 Å². The van der Waals surface area contributed by atoms with Crippen LogP contribution in [-0.4, -0.2) is 23.2 Å². The number of nitrogens with zero attached hydrogens (tertiary/aromatic N) is 1. The van der Waals surface area contributed by atoms with Crippen LogP contribution in [0.4, 0.5) is 0 Å². The fourth-order valence-corrected chi connectivity index (χ4v) is 0.927. The minimum atomic E-state index is -0.987. The third-order valence-corrected chi connectivity index (χ3v) is 1.62. The van der Waals surface area contributed by atoms with Crippen molar-refractivity contribution in [2.75, 3.05) is 7.11 Å². The lowest BCUT2D eigenvalue weighted by Gasteiger charge is -2.05. The van der Waals surface area contributed by atoms with Crippen molar-refractivity contribution in [2.45, 2.75) is 6.92 Å². The Kier molecular flexibility index (Phi) is 2.28. The van der Waals surface area contributed by atoms with E-state index in [1.54, 1.807) is 6.92 Å². The monoisotopic (exact) mass is 167 g/mol. The Hall–Kier alpha value is -1.58. The number of aromatic carboxylic acids is 1. The number of carbonyl (C=O) groups is 1. The quantitative estimate of drug-likeness (QED) is 0.716. The highest BCUT2D eigenvalue weighted by molar-refractivity contribution is 5.89. The van der Waals surface area contributed by atoms with Gasteiger partial charge in [-0.1, -0.05) is 0 Å². The fraction of sp³-hybridized carbons (Fsp3) is 0.250. The molecular formula is C8H9NO3. The summed E-state index contributed by atoms with van der Waals surface area (Å²) in [6.45, 7) is 1.68. The summed E-state index contributed by atoms with van der Waals surface area (Å²) in [6, 6.07) is 0. The van der Waals surface area contributed by atoms with Gasteiger partial charge < -0.3 is 9.84 Å². The first-order valence-electron chi connectivity index (χ1n) is 3.38. The van der Waals surface area contributed by atoms with Crippen LogP contribution in [0.5, 0.6) is 5.75 Å². The summed E-state index contributed by atoms with van der Waals surface area (Å²) in [5, 5.41) is 8.69. The molecule has 0 aromatic carbocycles. The normalized spacial score (nSPS) is 9.50. The number of carboxylic acids is 1. The third-order valence-electron chi connectivity index (χ3n) is 1.62. The standard InChI is InChI=1S/C8H9NO3/c1-5-6(8(10)11)3-9-4-7(5)12-2/h3-4H,1-2H3,(H,10,11). The van der Waals surface area contributed by atoms with Crippen molar-refractivity contribution in [2.24, 2.45) is 0 Å². The van der Waals surface area contributed by atoms with Crippen molar-refractivity contribution in [1.82, 2.24) is 4.98 Å². The van der Waals surface area contributed by atoms with Gasteiger partial charge in [0, 0.05) is 11.8 Å². The molecule has 1 aromatic heterocycles. The summed E-state index contributed by atoms with van der Waals surface area (Å²) in [7, 11) is 1.48. The predicted octanol–water partition coefficient (Wildman–Crippen LogP) is 1.10. The number of rotatable bonds is 2. The molecule has 0 atom stereocenters. The highest BCUT2D eigenvalue weighted by Gasteiger charge is 2.10. The molecule has 0 unspecified atom stereocenters. The smallest absolute Gasteiger partial charge is 0.337 e. The summed E-state index contributed by atoms with van der Waals surface area (Å²) in [4.78, 5) is 14.3. The molecule has 1 heterocycles. The molecule has 0 fully saturated rings. The number of ether oxygens (including phenoxy) is 1. The summed E-state index contributed by atoms with van der Waals surface area (Å²) in [5.41, 5.74) is 0.773. The molecule has 1 N–H and O–H groups in total. The van der Waals surface area contributed by atoms with Crippen molar-refractivity contribution < 1.29 is 14.6 Å². The summed E-state index contributed by atoms with van der Waals surface area (Å²) in [5.74, 6) is -0.492. The maximum absolute atomic E-state index is 10.6. The van der Waals surface area contributed by atoms with E-state index < -0.39 is 5.97 Å². The second kappa shape index (κ2) is 3.21. The molecule has 0 amide bonds. The van der Waals surface area contributed by atoms with Crippen molar-refractivity contribution in [1.29, 1.82) is 0 Å². The lowest BCUT2D eigenvalue weighted by molar-refractivity contribution is 0.0695. The Balaban J connectivity index is 3.23. The molecular weight excluding hydrogens is 158 g/mol. The minimum Gasteiger partial charge on any atom is -0.495 e. The van der Waals surface area contributed by atoms with Crippen molar-refractivity contribution in [3.8, 4) is 5.75 Å². The molecule has 0 aliphatic carbocycles. The average Bonchev–Trinajstić information content (AvgIpc) is 2.04. The van der Waals surface area contributed by atoms with Crippen LogP contribution in [0.1, 0.15) is 15.9 Å². The van der Waals surface area contributed by atoms with E-state index in [-0.39, 0.29) is 5.56 Å². The highest BCUT2D eigenvalue weighted by Crippen LogP contribution is 2.18. The molecule has 0 aliphatic heterocycles. The second-order valence-electron chi connectivity index (χ2n) is 2.32. The van der Waals surface area contributed by atoms with Crippen LogP contribution >= 0.6 is 0 Å². The zero-order chi connectivity index (χ0) is 9.14. The van der Waals surface area contributed by atoms with Crippen LogP contribution < -0.4 is 4.74 Å². The predicted molar refractivity (Wildman–Crippen MR) is 42.5 cm³/mol. The molecule has 12 heavy (non-hydrogen) atoms. The van der Waals surface area contributed by atoms with Gasteiger partial charge >= 0.3 is 5.97 Å². The molecule has 0 spiro atoms. The molecule has 0 saturated carbocycles. The van der Waals surface area contributed by atoms with Gasteiger partial charge in [-0.05, 0) is 6.92 Å². The average molecular weight is 167 g/mol. The SMILES string of the molecule is COc1cncc(C(=O)O)c1C. The Morgan fingerprint density at radius 3 is 2.75 bits per heavy atom.